The lowest BCUT2D eigenvalue weighted by Gasteiger charge is -2.28. The largest absolute Gasteiger partial charge is 0.339 e. The lowest BCUT2D eigenvalue weighted by molar-refractivity contribution is 0.0724. The Morgan fingerprint density at radius 2 is 1.64 bits per heavy atom. The molecule has 2 aliphatic rings. The Kier molecular flexibility index (Phi) is 6.04. The molecular weight excluding hydrogens is 456 g/mol. The van der Waals surface area contributed by atoms with Crippen molar-refractivity contribution in [3.8, 4) is 0 Å². The Morgan fingerprint density at radius 3 is 2.39 bits per heavy atom. The summed E-state index contributed by atoms with van der Waals surface area (Å²) in [4.78, 5) is 31.3. The molecule has 0 N–H and O–H groups in total. The van der Waals surface area contributed by atoms with E-state index in [1.807, 2.05) is 17.0 Å². The third kappa shape index (κ3) is 4.21. The molecule has 0 aliphatic carbocycles. The van der Waals surface area contributed by atoms with Gasteiger partial charge in [0.25, 0.3) is 11.8 Å². The van der Waals surface area contributed by atoms with E-state index >= 15 is 0 Å². The summed E-state index contributed by atoms with van der Waals surface area (Å²) in [5.74, 6) is -0.292. The van der Waals surface area contributed by atoms with Gasteiger partial charge in [0.1, 0.15) is 0 Å². The van der Waals surface area contributed by atoms with Crippen molar-refractivity contribution < 1.29 is 13.8 Å². The van der Waals surface area contributed by atoms with Crippen LogP contribution in [0.4, 0.5) is 5.69 Å². The van der Waals surface area contributed by atoms with Crippen LogP contribution >= 0.6 is 11.6 Å². The molecule has 3 aromatic carbocycles. The highest BCUT2D eigenvalue weighted by Crippen LogP contribution is 2.36. The minimum atomic E-state index is -1.55. The molecule has 1 fully saturated rings. The molecule has 2 heterocycles. The molecule has 1 saturated heterocycles. The Morgan fingerprint density at radius 1 is 0.909 bits per heavy atom. The summed E-state index contributed by atoms with van der Waals surface area (Å²) in [6.45, 7) is 1.75. The van der Waals surface area contributed by atoms with Gasteiger partial charge in [0, 0.05) is 23.7 Å². The monoisotopic (exact) mass is 478 g/mol. The number of carbonyl (C=O) groups excluding carboxylic acids is 2. The van der Waals surface area contributed by atoms with Crippen molar-refractivity contribution in [3.63, 3.8) is 0 Å². The van der Waals surface area contributed by atoms with Crippen LogP contribution in [0.5, 0.6) is 0 Å². The number of piperidine rings is 1. The van der Waals surface area contributed by atoms with E-state index in [1.165, 1.54) is 0 Å². The molecule has 5 rings (SSSR count). The van der Waals surface area contributed by atoms with Gasteiger partial charge in [0.2, 0.25) is 0 Å². The molecule has 7 heteroatoms. The van der Waals surface area contributed by atoms with Crippen molar-refractivity contribution in [2.75, 3.05) is 18.0 Å². The molecular formula is C26H23ClN2O3S. The molecule has 2 amide bonds. The zero-order valence-corrected chi connectivity index (χ0v) is 19.6. The van der Waals surface area contributed by atoms with Gasteiger partial charge in [-0.05, 0) is 67.3 Å². The summed E-state index contributed by atoms with van der Waals surface area (Å²) in [6, 6.07) is 19.5. The highest BCUT2D eigenvalue weighted by molar-refractivity contribution is 7.85. The van der Waals surface area contributed by atoms with E-state index in [0.717, 1.165) is 37.9 Å². The average Bonchev–Trinajstić information content (AvgIpc) is 2.95. The number of hydrogen-bond donors (Lipinski definition) is 0. The van der Waals surface area contributed by atoms with Gasteiger partial charge in [-0.25, -0.2) is 4.21 Å². The van der Waals surface area contributed by atoms with Gasteiger partial charge in [0.15, 0.2) is 0 Å². The quantitative estimate of drug-likeness (QED) is 0.513. The molecule has 0 radical (unpaired) electrons. The van der Waals surface area contributed by atoms with Gasteiger partial charge in [-0.2, -0.15) is 0 Å². The van der Waals surface area contributed by atoms with Crippen molar-refractivity contribution >= 4 is 39.9 Å². The van der Waals surface area contributed by atoms with Gasteiger partial charge in [0.05, 0.1) is 38.4 Å². The standard InChI is InChI=1S/C26H23ClN2O3S/c27-20-11-8-18(9-12-20)17-29-22-16-19(25(30)28-14-4-1-5-15-28)10-13-24(22)33(32)23-7-3-2-6-21(23)26(29)31/h2-3,6-13,16H,1,4-5,14-15,17H2/t33-/m0/s1. The van der Waals surface area contributed by atoms with Crippen LogP contribution in [0, 0.1) is 0 Å². The number of fused-ring (bicyclic) bond motifs is 2. The Labute approximate surface area is 200 Å². The zero-order valence-electron chi connectivity index (χ0n) is 18.0. The predicted molar refractivity (Wildman–Crippen MR) is 129 cm³/mol. The van der Waals surface area contributed by atoms with Gasteiger partial charge in [-0.1, -0.05) is 35.9 Å². The second-order valence-corrected chi connectivity index (χ2v) is 10.2. The Balaban J connectivity index is 1.61. The third-order valence-corrected chi connectivity index (χ3v) is 7.91. The fourth-order valence-electron chi connectivity index (χ4n) is 4.41. The van der Waals surface area contributed by atoms with Crippen molar-refractivity contribution in [1.29, 1.82) is 0 Å². The number of rotatable bonds is 3. The number of nitrogens with zero attached hydrogens (tertiary/aromatic N) is 2. The highest BCUT2D eigenvalue weighted by Gasteiger charge is 2.32. The third-order valence-electron chi connectivity index (χ3n) is 6.16. The van der Waals surface area contributed by atoms with Crippen LogP contribution in [0.2, 0.25) is 5.02 Å². The lowest BCUT2D eigenvalue weighted by atomic mass is 10.1. The number of halogens is 1. The van der Waals surface area contributed by atoms with Gasteiger partial charge >= 0.3 is 0 Å². The van der Waals surface area contributed by atoms with Crippen LogP contribution in [-0.4, -0.2) is 34.0 Å². The minimum absolute atomic E-state index is 0.0519. The fraction of sp³-hybridized carbons (Fsp3) is 0.231. The van der Waals surface area contributed by atoms with E-state index in [4.69, 9.17) is 11.6 Å². The van der Waals surface area contributed by atoms with Crippen molar-refractivity contribution in [1.82, 2.24) is 4.90 Å². The van der Waals surface area contributed by atoms with E-state index in [-0.39, 0.29) is 18.4 Å². The molecule has 0 aromatic heterocycles. The number of likely N-dealkylation sites (tertiary alicyclic amines) is 1. The first kappa shape index (κ1) is 21.9. The molecule has 5 nitrogen and oxygen atoms in total. The molecule has 2 aliphatic heterocycles. The maximum atomic E-state index is 13.7. The van der Waals surface area contributed by atoms with Gasteiger partial charge < -0.3 is 9.80 Å². The van der Waals surface area contributed by atoms with E-state index in [9.17, 15) is 13.8 Å². The molecule has 3 aromatic rings. The summed E-state index contributed by atoms with van der Waals surface area (Å²) in [5, 5.41) is 0.613. The van der Waals surface area contributed by atoms with Crippen LogP contribution in [-0.2, 0) is 17.3 Å². The lowest BCUT2D eigenvalue weighted by Crippen LogP contribution is -2.36. The first-order valence-electron chi connectivity index (χ1n) is 11.0. The van der Waals surface area contributed by atoms with Crippen molar-refractivity contribution in [2.24, 2.45) is 0 Å². The van der Waals surface area contributed by atoms with E-state index < -0.39 is 10.8 Å². The van der Waals surface area contributed by atoms with Crippen LogP contribution in [0.15, 0.2) is 76.5 Å². The number of carbonyl (C=O) groups is 2. The normalized spacial score (nSPS) is 17.8. The average molecular weight is 479 g/mol. The topological polar surface area (TPSA) is 57.7 Å². The molecule has 0 saturated carbocycles. The summed E-state index contributed by atoms with van der Waals surface area (Å²) in [6.07, 6.45) is 3.13. The van der Waals surface area contributed by atoms with Gasteiger partial charge in [-0.15, -0.1) is 0 Å². The first-order chi connectivity index (χ1) is 16.0. The minimum Gasteiger partial charge on any atom is -0.339 e. The predicted octanol–water partition coefficient (Wildman–Crippen LogP) is 5.29. The van der Waals surface area contributed by atoms with E-state index in [2.05, 4.69) is 0 Å². The SMILES string of the molecule is O=C(c1ccc2c(c1)N(Cc1ccc(Cl)cc1)C(=O)c1ccccc1[S@@]2=O)N1CCCCC1. The van der Waals surface area contributed by atoms with E-state index in [0.29, 0.717) is 31.6 Å². The first-order valence-corrected chi connectivity index (χ1v) is 12.6. The van der Waals surface area contributed by atoms with Crippen molar-refractivity contribution in [3.05, 3.63) is 88.4 Å². The second-order valence-electron chi connectivity index (χ2n) is 8.32. The number of hydrogen-bond acceptors (Lipinski definition) is 3. The zero-order chi connectivity index (χ0) is 22.9. The smallest absolute Gasteiger partial charge is 0.259 e. The van der Waals surface area contributed by atoms with Gasteiger partial charge in [-0.3, -0.25) is 9.59 Å². The Hall–Kier alpha value is -2.96. The molecule has 168 valence electrons. The summed E-state index contributed by atoms with van der Waals surface area (Å²) in [7, 11) is -1.55. The van der Waals surface area contributed by atoms with E-state index in [1.54, 1.807) is 59.5 Å². The molecule has 33 heavy (non-hydrogen) atoms. The maximum absolute atomic E-state index is 13.7. The Bertz CT molecular complexity index is 1250. The highest BCUT2D eigenvalue weighted by atomic mass is 35.5. The van der Waals surface area contributed by atoms with Crippen LogP contribution < -0.4 is 4.90 Å². The summed E-state index contributed by atoms with van der Waals surface area (Å²) >= 11 is 6.04. The molecule has 0 bridgehead atoms. The number of benzene rings is 3. The summed E-state index contributed by atoms with van der Waals surface area (Å²) < 4.78 is 13.5. The molecule has 0 spiro atoms. The number of anilines is 1. The van der Waals surface area contributed by atoms with Crippen LogP contribution in [0.25, 0.3) is 0 Å². The molecule has 1 atom stereocenters. The van der Waals surface area contributed by atoms with Crippen LogP contribution in [0.1, 0.15) is 45.5 Å². The second kappa shape index (κ2) is 9.12. The number of amides is 2. The summed E-state index contributed by atoms with van der Waals surface area (Å²) in [5.41, 5.74) is 2.31. The molecule has 0 unspecified atom stereocenters. The van der Waals surface area contributed by atoms with Crippen LogP contribution in [0.3, 0.4) is 0 Å². The van der Waals surface area contributed by atoms with Crippen molar-refractivity contribution in [2.45, 2.75) is 35.6 Å². The maximum Gasteiger partial charge on any atom is 0.259 e. The fourth-order valence-corrected chi connectivity index (χ4v) is 5.88.